The van der Waals surface area contributed by atoms with Crippen LogP contribution in [0.4, 0.5) is 13.2 Å². The number of nitrogens with zero attached hydrogens (tertiary/aromatic N) is 2. The summed E-state index contributed by atoms with van der Waals surface area (Å²) in [6.45, 7) is 10.6. The van der Waals surface area contributed by atoms with E-state index in [-0.39, 0.29) is 5.54 Å². The lowest BCUT2D eigenvalue weighted by atomic mass is 10.1. The van der Waals surface area contributed by atoms with Crippen LogP contribution in [-0.2, 0) is 0 Å². The smallest absolute Gasteiger partial charge is 0.307 e. The SMILES string of the molecule is CC(C)(C)N1CCN(CCNCC(F)(F)F)CC1. The predicted molar refractivity (Wildman–Crippen MR) is 66.7 cm³/mol. The van der Waals surface area contributed by atoms with Crippen molar-refractivity contribution in [2.75, 3.05) is 45.8 Å². The maximum Gasteiger partial charge on any atom is 0.401 e. The van der Waals surface area contributed by atoms with E-state index in [0.29, 0.717) is 13.1 Å². The minimum atomic E-state index is -4.11. The van der Waals surface area contributed by atoms with Gasteiger partial charge in [-0.05, 0) is 20.8 Å². The number of hydrogen-bond acceptors (Lipinski definition) is 3. The number of rotatable bonds is 4. The van der Waals surface area contributed by atoms with Crippen LogP contribution in [0.3, 0.4) is 0 Å². The lowest BCUT2D eigenvalue weighted by molar-refractivity contribution is -0.124. The molecule has 1 aliphatic rings. The van der Waals surface area contributed by atoms with Gasteiger partial charge in [0.15, 0.2) is 0 Å². The Balaban J connectivity index is 2.13. The first kappa shape index (κ1) is 15.7. The molecule has 18 heavy (non-hydrogen) atoms. The molecule has 1 fully saturated rings. The average Bonchev–Trinajstić information content (AvgIpc) is 2.22. The summed E-state index contributed by atoms with van der Waals surface area (Å²) in [6, 6.07) is 0. The normalized spacial score (nSPS) is 20.3. The summed E-state index contributed by atoms with van der Waals surface area (Å²) in [6.07, 6.45) is -4.11. The Hall–Kier alpha value is -0.330. The molecule has 1 heterocycles. The van der Waals surface area contributed by atoms with E-state index in [2.05, 4.69) is 35.9 Å². The summed E-state index contributed by atoms with van der Waals surface area (Å²) in [5.41, 5.74) is 0.181. The lowest BCUT2D eigenvalue weighted by Gasteiger charge is -2.42. The van der Waals surface area contributed by atoms with Crippen LogP contribution >= 0.6 is 0 Å². The third-order valence-electron chi connectivity index (χ3n) is 3.25. The Bertz CT molecular complexity index is 240. The highest BCUT2D eigenvalue weighted by atomic mass is 19.4. The van der Waals surface area contributed by atoms with Gasteiger partial charge in [0, 0.05) is 44.8 Å². The van der Waals surface area contributed by atoms with Gasteiger partial charge in [0.25, 0.3) is 0 Å². The largest absolute Gasteiger partial charge is 0.401 e. The summed E-state index contributed by atoms with van der Waals surface area (Å²) in [7, 11) is 0. The molecule has 0 saturated carbocycles. The molecular weight excluding hydrogens is 243 g/mol. The molecule has 0 aromatic rings. The van der Waals surface area contributed by atoms with Crippen molar-refractivity contribution in [1.29, 1.82) is 0 Å². The molecule has 0 spiro atoms. The van der Waals surface area contributed by atoms with E-state index in [1.807, 2.05) is 0 Å². The van der Waals surface area contributed by atoms with Crippen molar-refractivity contribution in [2.45, 2.75) is 32.5 Å². The summed E-state index contributed by atoms with van der Waals surface area (Å²) in [4.78, 5) is 4.62. The minimum absolute atomic E-state index is 0.181. The molecule has 6 heteroatoms. The summed E-state index contributed by atoms with van der Waals surface area (Å²) in [5, 5.41) is 2.43. The topological polar surface area (TPSA) is 18.5 Å². The van der Waals surface area contributed by atoms with E-state index < -0.39 is 12.7 Å². The highest BCUT2D eigenvalue weighted by Crippen LogP contribution is 2.15. The molecule has 0 unspecified atom stereocenters. The highest BCUT2D eigenvalue weighted by Gasteiger charge is 2.27. The number of hydrogen-bond donors (Lipinski definition) is 1. The van der Waals surface area contributed by atoms with Gasteiger partial charge in [0.2, 0.25) is 0 Å². The third-order valence-corrected chi connectivity index (χ3v) is 3.25. The Labute approximate surface area is 107 Å². The molecule has 1 N–H and O–H groups in total. The Morgan fingerprint density at radius 1 is 1.00 bits per heavy atom. The van der Waals surface area contributed by atoms with Crippen molar-refractivity contribution in [3.8, 4) is 0 Å². The maximum absolute atomic E-state index is 11.9. The standard InChI is InChI=1S/C12H24F3N3/c1-11(2,3)18-8-6-17(7-9-18)5-4-16-10-12(13,14)15/h16H,4-10H2,1-3H3. The van der Waals surface area contributed by atoms with Crippen LogP contribution in [0.25, 0.3) is 0 Å². The monoisotopic (exact) mass is 267 g/mol. The molecule has 1 rings (SSSR count). The quantitative estimate of drug-likeness (QED) is 0.780. The Morgan fingerprint density at radius 2 is 1.56 bits per heavy atom. The van der Waals surface area contributed by atoms with Crippen LogP contribution in [-0.4, -0.2) is 67.3 Å². The Morgan fingerprint density at radius 3 is 2.00 bits per heavy atom. The fraction of sp³-hybridized carbons (Fsp3) is 1.00. The van der Waals surface area contributed by atoms with E-state index in [1.165, 1.54) is 0 Å². The van der Waals surface area contributed by atoms with Crippen molar-refractivity contribution < 1.29 is 13.2 Å². The lowest BCUT2D eigenvalue weighted by Crippen LogP contribution is -2.54. The van der Waals surface area contributed by atoms with E-state index in [0.717, 1.165) is 26.2 Å². The summed E-state index contributed by atoms with van der Waals surface area (Å²) in [5.74, 6) is 0. The first-order valence-electron chi connectivity index (χ1n) is 6.43. The molecule has 0 bridgehead atoms. The van der Waals surface area contributed by atoms with E-state index in [1.54, 1.807) is 0 Å². The number of halogens is 3. The Kier molecular flexibility index (Phi) is 5.43. The number of piperazine rings is 1. The van der Waals surface area contributed by atoms with Gasteiger partial charge < -0.3 is 5.32 Å². The summed E-state index contributed by atoms with van der Waals surface area (Å²) >= 11 is 0. The van der Waals surface area contributed by atoms with Crippen LogP contribution in [0.1, 0.15) is 20.8 Å². The molecule has 3 nitrogen and oxygen atoms in total. The van der Waals surface area contributed by atoms with Crippen LogP contribution < -0.4 is 5.32 Å². The average molecular weight is 267 g/mol. The first-order valence-corrected chi connectivity index (χ1v) is 6.43. The predicted octanol–water partition coefficient (Wildman–Crippen LogP) is 1.55. The van der Waals surface area contributed by atoms with Gasteiger partial charge in [0.1, 0.15) is 0 Å². The zero-order valence-corrected chi connectivity index (χ0v) is 11.5. The molecule has 0 radical (unpaired) electrons. The van der Waals surface area contributed by atoms with Crippen molar-refractivity contribution in [3.63, 3.8) is 0 Å². The van der Waals surface area contributed by atoms with Crippen molar-refractivity contribution >= 4 is 0 Å². The van der Waals surface area contributed by atoms with Gasteiger partial charge >= 0.3 is 6.18 Å². The molecule has 0 amide bonds. The summed E-state index contributed by atoms with van der Waals surface area (Å²) < 4.78 is 35.8. The highest BCUT2D eigenvalue weighted by molar-refractivity contribution is 4.82. The van der Waals surface area contributed by atoms with Gasteiger partial charge in [0.05, 0.1) is 6.54 Å². The fourth-order valence-corrected chi connectivity index (χ4v) is 2.11. The van der Waals surface area contributed by atoms with Gasteiger partial charge in [-0.1, -0.05) is 0 Å². The molecule has 0 atom stereocenters. The van der Waals surface area contributed by atoms with Crippen LogP contribution in [0, 0.1) is 0 Å². The fourth-order valence-electron chi connectivity index (χ4n) is 2.11. The number of alkyl halides is 3. The van der Waals surface area contributed by atoms with Crippen molar-refractivity contribution in [2.24, 2.45) is 0 Å². The molecule has 1 saturated heterocycles. The van der Waals surface area contributed by atoms with Gasteiger partial charge in [-0.15, -0.1) is 0 Å². The molecular formula is C12H24F3N3. The molecule has 108 valence electrons. The zero-order valence-electron chi connectivity index (χ0n) is 11.5. The molecule has 0 aromatic heterocycles. The first-order chi connectivity index (χ1) is 8.18. The second-order valence-corrected chi connectivity index (χ2v) is 5.79. The van der Waals surface area contributed by atoms with Gasteiger partial charge in [-0.2, -0.15) is 13.2 Å². The van der Waals surface area contributed by atoms with Crippen LogP contribution in [0.2, 0.25) is 0 Å². The third kappa shape index (κ3) is 6.02. The maximum atomic E-state index is 11.9. The number of nitrogens with one attached hydrogen (secondary N) is 1. The molecule has 0 aliphatic carbocycles. The van der Waals surface area contributed by atoms with Gasteiger partial charge in [-0.3, -0.25) is 9.80 Å². The van der Waals surface area contributed by atoms with Crippen LogP contribution in [0.5, 0.6) is 0 Å². The molecule has 1 aliphatic heterocycles. The molecule has 0 aromatic carbocycles. The zero-order chi connectivity index (χ0) is 13.8. The minimum Gasteiger partial charge on any atom is -0.307 e. The van der Waals surface area contributed by atoms with E-state index in [9.17, 15) is 13.2 Å². The second kappa shape index (κ2) is 6.21. The van der Waals surface area contributed by atoms with Gasteiger partial charge in [-0.25, -0.2) is 0 Å². The van der Waals surface area contributed by atoms with Crippen molar-refractivity contribution in [3.05, 3.63) is 0 Å². The second-order valence-electron chi connectivity index (χ2n) is 5.79. The van der Waals surface area contributed by atoms with E-state index >= 15 is 0 Å². The van der Waals surface area contributed by atoms with E-state index in [4.69, 9.17) is 0 Å². The van der Waals surface area contributed by atoms with Crippen LogP contribution in [0.15, 0.2) is 0 Å². The van der Waals surface area contributed by atoms with Crippen molar-refractivity contribution in [1.82, 2.24) is 15.1 Å².